The van der Waals surface area contributed by atoms with Crippen molar-refractivity contribution < 1.29 is 0 Å². The Kier molecular flexibility index (Phi) is 6.16. The molecule has 1 atom stereocenters. The lowest BCUT2D eigenvalue weighted by Crippen LogP contribution is -2.17. The molecule has 1 N–H and O–H groups in total. The molecule has 0 saturated heterocycles. The minimum absolute atomic E-state index is 0.411. The van der Waals surface area contributed by atoms with Crippen molar-refractivity contribution in [2.45, 2.75) is 59.0 Å². The Bertz CT molecular complexity index is 280. The number of aryl methyl sites for hydroxylation is 1. The van der Waals surface area contributed by atoms with Crippen molar-refractivity contribution in [1.29, 1.82) is 0 Å². The summed E-state index contributed by atoms with van der Waals surface area (Å²) in [7, 11) is 0. The monoisotopic (exact) mass is 223 g/mol. The topological polar surface area (TPSA) is 29.9 Å². The molecular weight excluding hydrogens is 198 g/mol. The summed E-state index contributed by atoms with van der Waals surface area (Å²) in [6.07, 6.45) is 9.33. The van der Waals surface area contributed by atoms with E-state index < -0.39 is 0 Å². The lowest BCUT2D eigenvalue weighted by molar-refractivity contribution is 0.539. The van der Waals surface area contributed by atoms with Crippen LogP contribution in [0.3, 0.4) is 0 Å². The molecule has 1 aromatic rings. The summed E-state index contributed by atoms with van der Waals surface area (Å²) in [5, 5.41) is 7.79. The second-order valence-electron chi connectivity index (χ2n) is 4.38. The number of unbranched alkanes of at least 4 members (excludes halogenated alkanes) is 3. The summed E-state index contributed by atoms with van der Waals surface area (Å²) in [5.74, 6) is 0. The maximum Gasteiger partial charge on any atom is 0.0537 e. The molecule has 1 unspecified atom stereocenters. The van der Waals surface area contributed by atoms with Gasteiger partial charge in [-0.05, 0) is 19.9 Å². The van der Waals surface area contributed by atoms with E-state index in [0.717, 1.165) is 13.1 Å². The van der Waals surface area contributed by atoms with E-state index in [0.29, 0.717) is 6.04 Å². The molecule has 3 heteroatoms. The predicted octanol–water partition coefficient (Wildman–Crippen LogP) is 3.13. The Balaban J connectivity index is 2.33. The highest BCUT2D eigenvalue weighted by molar-refractivity contribution is 5.08. The first-order valence-electron chi connectivity index (χ1n) is 6.53. The van der Waals surface area contributed by atoms with Crippen LogP contribution in [0.1, 0.15) is 58.1 Å². The Morgan fingerprint density at radius 3 is 2.81 bits per heavy atom. The van der Waals surface area contributed by atoms with Crippen molar-refractivity contribution in [3.63, 3.8) is 0 Å². The molecule has 0 aliphatic heterocycles. The second-order valence-corrected chi connectivity index (χ2v) is 4.38. The lowest BCUT2D eigenvalue weighted by Gasteiger charge is -2.08. The standard InChI is InChI=1S/C13H25N3/c1-4-6-7-8-9-16-11-13(10-15-16)12(3)14-5-2/h10-12,14H,4-9H2,1-3H3. The minimum Gasteiger partial charge on any atom is -0.310 e. The zero-order valence-corrected chi connectivity index (χ0v) is 10.9. The molecule has 0 aromatic carbocycles. The maximum absolute atomic E-state index is 4.39. The SMILES string of the molecule is CCCCCCn1cc(C(C)NCC)cn1. The van der Waals surface area contributed by atoms with Gasteiger partial charge < -0.3 is 5.32 Å². The van der Waals surface area contributed by atoms with Crippen LogP contribution in [0.25, 0.3) is 0 Å². The molecule has 0 bridgehead atoms. The smallest absolute Gasteiger partial charge is 0.0537 e. The second kappa shape index (κ2) is 7.44. The maximum atomic E-state index is 4.39. The highest BCUT2D eigenvalue weighted by Crippen LogP contribution is 2.11. The lowest BCUT2D eigenvalue weighted by atomic mass is 10.2. The summed E-state index contributed by atoms with van der Waals surface area (Å²) in [5.41, 5.74) is 1.29. The van der Waals surface area contributed by atoms with Gasteiger partial charge in [-0.25, -0.2) is 0 Å². The molecular formula is C13H25N3. The van der Waals surface area contributed by atoms with Crippen LogP contribution in [-0.4, -0.2) is 16.3 Å². The largest absolute Gasteiger partial charge is 0.310 e. The molecule has 1 heterocycles. The van der Waals surface area contributed by atoms with Gasteiger partial charge in [-0.2, -0.15) is 5.10 Å². The highest BCUT2D eigenvalue weighted by Gasteiger charge is 2.05. The van der Waals surface area contributed by atoms with Crippen LogP contribution in [0, 0.1) is 0 Å². The van der Waals surface area contributed by atoms with Crippen molar-refractivity contribution in [2.75, 3.05) is 6.54 Å². The van der Waals surface area contributed by atoms with E-state index >= 15 is 0 Å². The van der Waals surface area contributed by atoms with E-state index in [1.54, 1.807) is 0 Å². The number of hydrogen-bond donors (Lipinski definition) is 1. The van der Waals surface area contributed by atoms with E-state index in [2.05, 4.69) is 42.1 Å². The van der Waals surface area contributed by atoms with Crippen molar-refractivity contribution in [1.82, 2.24) is 15.1 Å². The Labute approximate surface area is 99.2 Å². The number of aromatic nitrogens is 2. The van der Waals surface area contributed by atoms with E-state index in [-0.39, 0.29) is 0 Å². The van der Waals surface area contributed by atoms with Gasteiger partial charge in [0, 0.05) is 24.3 Å². The van der Waals surface area contributed by atoms with Gasteiger partial charge in [0.05, 0.1) is 6.20 Å². The van der Waals surface area contributed by atoms with Crippen LogP contribution < -0.4 is 5.32 Å². The first-order valence-corrected chi connectivity index (χ1v) is 6.53. The predicted molar refractivity (Wildman–Crippen MR) is 68.5 cm³/mol. The molecule has 0 aliphatic carbocycles. The third-order valence-electron chi connectivity index (χ3n) is 2.90. The van der Waals surface area contributed by atoms with Gasteiger partial charge in [0.2, 0.25) is 0 Å². The van der Waals surface area contributed by atoms with Crippen LogP contribution in [0.5, 0.6) is 0 Å². The first-order chi connectivity index (χ1) is 7.77. The van der Waals surface area contributed by atoms with E-state index in [1.807, 2.05) is 6.20 Å². The van der Waals surface area contributed by atoms with Crippen molar-refractivity contribution in [3.05, 3.63) is 18.0 Å². The normalized spacial score (nSPS) is 12.9. The van der Waals surface area contributed by atoms with Crippen molar-refractivity contribution >= 4 is 0 Å². The van der Waals surface area contributed by atoms with Crippen molar-refractivity contribution in [3.8, 4) is 0 Å². The van der Waals surface area contributed by atoms with E-state index in [4.69, 9.17) is 0 Å². The fraction of sp³-hybridized carbons (Fsp3) is 0.769. The molecule has 1 aromatic heterocycles. The average molecular weight is 223 g/mol. The number of rotatable bonds is 8. The number of nitrogens with zero attached hydrogens (tertiary/aromatic N) is 2. The molecule has 0 amide bonds. The molecule has 0 fully saturated rings. The summed E-state index contributed by atoms with van der Waals surface area (Å²) < 4.78 is 2.07. The molecule has 3 nitrogen and oxygen atoms in total. The third kappa shape index (κ3) is 4.35. The Morgan fingerprint density at radius 1 is 1.31 bits per heavy atom. The Morgan fingerprint density at radius 2 is 2.12 bits per heavy atom. The van der Waals surface area contributed by atoms with Crippen LogP contribution in [0.15, 0.2) is 12.4 Å². The number of nitrogens with one attached hydrogen (secondary N) is 1. The van der Waals surface area contributed by atoms with Crippen LogP contribution in [0.4, 0.5) is 0 Å². The molecule has 0 aliphatic rings. The molecule has 16 heavy (non-hydrogen) atoms. The average Bonchev–Trinajstić information content (AvgIpc) is 2.73. The zero-order chi connectivity index (χ0) is 11.8. The highest BCUT2D eigenvalue weighted by atomic mass is 15.3. The summed E-state index contributed by atoms with van der Waals surface area (Å²) in [6, 6.07) is 0.411. The van der Waals surface area contributed by atoms with Crippen molar-refractivity contribution in [2.24, 2.45) is 0 Å². The van der Waals surface area contributed by atoms with Gasteiger partial charge in [0.15, 0.2) is 0 Å². The molecule has 0 saturated carbocycles. The van der Waals surface area contributed by atoms with Gasteiger partial charge in [-0.3, -0.25) is 4.68 Å². The molecule has 92 valence electrons. The summed E-state index contributed by atoms with van der Waals surface area (Å²) >= 11 is 0. The van der Waals surface area contributed by atoms with Gasteiger partial charge in [-0.15, -0.1) is 0 Å². The van der Waals surface area contributed by atoms with Gasteiger partial charge >= 0.3 is 0 Å². The zero-order valence-electron chi connectivity index (χ0n) is 10.9. The van der Waals surface area contributed by atoms with Gasteiger partial charge in [-0.1, -0.05) is 33.1 Å². The number of hydrogen-bond acceptors (Lipinski definition) is 2. The first kappa shape index (κ1) is 13.2. The summed E-state index contributed by atoms with van der Waals surface area (Å²) in [6.45, 7) is 8.61. The summed E-state index contributed by atoms with van der Waals surface area (Å²) in [4.78, 5) is 0. The quantitative estimate of drug-likeness (QED) is 0.686. The van der Waals surface area contributed by atoms with E-state index in [9.17, 15) is 0 Å². The molecule has 0 radical (unpaired) electrons. The van der Waals surface area contributed by atoms with Gasteiger partial charge in [0.1, 0.15) is 0 Å². The Hall–Kier alpha value is -0.830. The van der Waals surface area contributed by atoms with Crippen LogP contribution in [0.2, 0.25) is 0 Å². The fourth-order valence-corrected chi connectivity index (χ4v) is 1.85. The fourth-order valence-electron chi connectivity index (χ4n) is 1.85. The third-order valence-corrected chi connectivity index (χ3v) is 2.90. The van der Waals surface area contributed by atoms with Crippen LogP contribution >= 0.6 is 0 Å². The molecule has 1 rings (SSSR count). The minimum atomic E-state index is 0.411. The van der Waals surface area contributed by atoms with Crippen LogP contribution in [-0.2, 0) is 6.54 Å². The van der Waals surface area contributed by atoms with E-state index in [1.165, 1.54) is 31.2 Å². The molecule has 0 spiro atoms. The van der Waals surface area contributed by atoms with Gasteiger partial charge in [0.25, 0.3) is 0 Å².